The average molecular weight is 374 g/mol. The lowest BCUT2D eigenvalue weighted by Crippen LogP contribution is -2.33. The minimum absolute atomic E-state index is 0.389. The van der Waals surface area contributed by atoms with E-state index in [4.69, 9.17) is 4.74 Å². The van der Waals surface area contributed by atoms with Crippen LogP contribution in [0.25, 0.3) is 11.7 Å². The number of carbonyl (C=O) groups excluding carboxylic acids is 1. The van der Waals surface area contributed by atoms with Crippen LogP contribution < -0.4 is 10.6 Å². The molecule has 148 valence electrons. The summed E-state index contributed by atoms with van der Waals surface area (Å²) in [4.78, 5) is 16.0. The highest BCUT2D eigenvalue weighted by Gasteiger charge is 2.15. The fourth-order valence-electron chi connectivity index (χ4n) is 2.43. The molecule has 0 bridgehead atoms. The number of amides is 1. The predicted octanol–water partition coefficient (Wildman–Crippen LogP) is 4.26. The molecule has 2 heterocycles. The Morgan fingerprint density at radius 3 is 2.81 bits per heavy atom. The van der Waals surface area contributed by atoms with Crippen LogP contribution in [0.1, 0.15) is 59.1 Å². The SMILES string of the molecule is CCCCC=Cc1cnc2ccc(NCCCNC(=O)OC(C)(C)C)nn12. The van der Waals surface area contributed by atoms with Gasteiger partial charge in [-0.25, -0.2) is 14.3 Å². The number of anilines is 1. The Hall–Kier alpha value is -2.57. The van der Waals surface area contributed by atoms with Crippen molar-refractivity contribution >= 4 is 23.6 Å². The molecule has 2 aromatic heterocycles. The van der Waals surface area contributed by atoms with Crippen molar-refractivity contribution in [1.82, 2.24) is 19.9 Å². The highest BCUT2D eigenvalue weighted by atomic mass is 16.6. The highest BCUT2D eigenvalue weighted by molar-refractivity contribution is 5.67. The molecule has 0 aliphatic heterocycles. The van der Waals surface area contributed by atoms with Gasteiger partial charge in [-0.15, -0.1) is 5.10 Å². The molecule has 7 nitrogen and oxygen atoms in total. The van der Waals surface area contributed by atoms with Gasteiger partial charge in [0.05, 0.1) is 11.9 Å². The lowest BCUT2D eigenvalue weighted by molar-refractivity contribution is 0.0528. The van der Waals surface area contributed by atoms with E-state index in [0.29, 0.717) is 13.1 Å². The molecule has 0 unspecified atom stereocenters. The average Bonchev–Trinajstić information content (AvgIpc) is 2.99. The minimum atomic E-state index is -0.477. The van der Waals surface area contributed by atoms with Crippen LogP contribution in [0.2, 0.25) is 0 Å². The Labute approximate surface area is 161 Å². The van der Waals surface area contributed by atoms with Crippen molar-refractivity contribution in [3.63, 3.8) is 0 Å². The van der Waals surface area contributed by atoms with E-state index in [1.54, 1.807) is 0 Å². The molecule has 0 atom stereocenters. The van der Waals surface area contributed by atoms with Gasteiger partial charge in [0.2, 0.25) is 0 Å². The van der Waals surface area contributed by atoms with Crippen molar-refractivity contribution in [3.8, 4) is 0 Å². The summed E-state index contributed by atoms with van der Waals surface area (Å²) in [6.45, 7) is 8.97. The van der Waals surface area contributed by atoms with Crippen LogP contribution in [-0.4, -0.2) is 39.4 Å². The number of hydrogen-bond acceptors (Lipinski definition) is 5. The van der Waals surface area contributed by atoms with Crippen LogP contribution in [0, 0.1) is 0 Å². The van der Waals surface area contributed by atoms with Crippen LogP contribution in [0.15, 0.2) is 24.4 Å². The maximum atomic E-state index is 11.6. The van der Waals surface area contributed by atoms with Gasteiger partial charge in [0, 0.05) is 13.1 Å². The Balaban J connectivity index is 1.81. The molecule has 7 heteroatoms. The normalized spacial score (nSPS) is 11.9. The van der Waals surface area contributed by atoms with Crippen molar-refractivity contribution < 1.29 is 9.53 Å². The van der Waals surface area contributed by atoms with E-state index in [0.717, 1.165) is 30.0 Å². The Bertz CT molecular complexity index is 761. The highest BCUT2D eigenvalue weighted by Crippen LogP contribution is 2.11. The number of nitrogens with one attached hydrogen (secondary N) is 2. The van der Waals surface area contributed by atoms with Crippen molar-refractivity contribution in [1.29, 1.82) is 0 Å². The Morgan fingerprint density at radius 2 is 2.07 bits per heavy atom. The summed E-state index contributed by atoms with van der Waals surface area (Å²) in [5, 5.41) is 10.6. The molecule has 0 fully saturated rings. The smallest absolute Gasteiger partial charge is 0.407 e. The van der Waals surface area contributed by atoms with E-state index in [-0.39, 0.29) is 6.09 Å². The summed E-state index contributed by atoms with van der Waals surface area (Å²) >= 11 is 0. The zero-order valence-electron chi connectivity index (χ0n) is 16.8. The van der Waals surface area contributed by atoms with Crippen molar-refractivity contribution in [2.24, 2.45) is 0 Å². The summed E-state index contributed by atoms with van der Waals surface area (Å²) in [5.41, 5.74) is 1.31. The molecule has 2 N–H and O–H groups in total. The van der Waals surface area contributed by atoms with Gasteiger partial charge in [-0.3, -0.25) is 0 Å². The number of aromatic nitrogens is 3. The van der Waals surface area contributed by atoms with Gasteiger partial charge in [-0.1, -0.05) is 25.8 Å². The molecule has 0 spiro atoms. The largest absolute Gasteiger partial charge is 0.444 e. The second kappa shape index (κ2) is 9.94. The number of allylic oxidation sites excluding steroid dienone is 1. The first kappa shape index (κ1) is 20.7. The van der Waals surface area contributed by atoms with E-state index >= 15 is 0 Å². The fourth-order valence-corrected chi connectivity index (χ4v) is 2.43. The molecule has 27 heavy (non-hydrogen) atoms. The third-order valence-electron chi connectivity index (χ3n) is 3.73. The van der Waals surface area contributed by atoms with E-state index < -0.39 is 5.60 Å². The second-order valence-corrected chi connectivity index (χ2v) is 7.43. The molecular formula is C20H31N5O2. The summed E-state index contributed by atoms with van der Waals surface area (Å²) in [7, 11) is 0. The maximum Gasteiger partial charge on any atom is 0.407 e. The number of alkyl carbamates (subject to hydrolysis) is 1. The first-order valence-corrected chi connectivity index (χ1v) is 9.61. The zero-order valence-corrected chi connectivity index (χ0v) is 16.8. The number of fused-ring (bicyclic) bond motifs is 1. The van der Waals surface area contributed by atoms with Crippen molar-refractivity contribution in [2.45, 2.75) is 59.0 Å². The van der Waals surface area contributed by atoms with Gasteiger partial charge in [-0.2, -0.15) is 0 Å². The molecule has 2 aromatic rings. The lowest BCUT2D eigenvalue weighted by atomic mass is 10.2. The number of hydrogen-bond donors (Lipinski definition) is 2. The molecule has 0 aliphatic rings. The van der Waals surface area contributed by atoms with Crippen molar-refractivity contribution in [2.75, 3.05) is 18.4 Å². The maximum absolute atomic E-state index is 11.6. The summed E-state index contributed by atoms with van der Waals surface area (Å²) in [6.07, 6.45) is 9.88. The second-order valence-electron chi connectivity index (χ2n) is 7.43. The Kier molecular flexibility index (Phi) is 7.64. The zero-order chi connectivity index (χ0) is 19.7. The molecule has 2 rings (SSSR count). The third-order valence-corrected chi connectivity index (χ3v) is 3.73. The van der Waals surface area contributed by atoms with Gasteiger partial charge in [-0.05, 0) is 51.8 Å². The number of nitrogens with zero attached hydrogens (tertiary/aromatic N) is 3. The van der Waals surface area contributed by atoms with Crippen LogP contribution in [0.3, 0.4) is 0 Å². The molecular weight excluding hydrogens is 342 g/mol. The lowest BCUT2D eigenvalue weighted by Gasteiger charge is -2.19. The van der Waals surface area contributed by atoms with E-state index in [1.165, 1.54) is 12.8 Å². The van der Waals surface area contributed by atoms with Crippen LogP contribution in [0.4, 0.5) is 10.6 Å². The van der Waals surface area contributed by atoms with Gasteiger partial charge >= 0.3 is 6.09 Å². The summed E-state index contributed by atoms with van der Waals surface area (Å²) in [6, 6.07) is 3.85. The molecule has 0 saturated carbocycles. The van der Waals surface area contributed by atoms with Gasteiger partial charge in [0.15, 0.2) is 5.65 Å². The third kappa shape index (κ3) is 7.29. The topological polar surface area (TPSA) is 80.5 Å². The van der Waals surface area contributed by atoms with Gasteiger partial charge < -0.3 is 15.4 Å². The minimum Gasteiger partial charge on any atom is -0.444 e. The predicted molar refractivity (Wildman–Crippen MR) is 109 cm³/mol. The number of imidazole rings is 1. The van der Waals surface area contributed by atoms with E-state index in [2.05, 4.69) is 39.8 Å². The molecule has 0 aliphatic carbocycles. The van der Waals surface area contributed by atoms with E-state index in [1.807, 2.05) is 43.6 Å². The molecule has 0 aromatic carbocycles. The quantitative estimate of drug-likeness (QED) is 0.642. The first-order chi connectivity index (χ1) is 12.9. The molecule has 0 saturated heterocycles. The fraction of sp³-hybridized carbons (Fsp3) is 0.550. The number of rotatable bonds is 9. The summed E-state index contributed by atoms with van der Waals surface area (Å²) < 4.78 is 7.04. The molecule has 0 radical (unpaired) electrons. The number of unbranched alkanes of at least 4 members (excludes halogenated alkanes) is 2. The number of ether oxygens (including phenoxy) is 1. The first-order valence-electron chi connectivity index (χ1n) is 9.61. The monoisotopic (exact) mass is 373 g/mol. The standard InChI is InChI=1S/C20H31N5O2/c1-5-6-7-8-10-16-15-23-18-12-11-17(24-25(16)18)21-13-9-14-22-19(26)27-20(2,3)4/h8,10-12,15H,5-7,9,13-14H2,1-4H3,(H,21,24)(H,22,26). The van der Waals surface area contributed by atoms with Crippen LogP contribution in [-0.2, 0) is 4.74 Å². The molecule has 1 amide bonds. The van der Waals surface area contributed by atoms with Crippen LogP contribution >= 0.6 is 0 Å². The summed E-state index contributed by atoms with van der Waals surface area (Å²) in [5.74, 6) is 0.779. The van der Waals surface area contributed by atoms with Crippen molar-refractivity contribution in [3.05, 3.63) is 30.1 Å². The van der Waals surface area contributed by atoms with Gasteiger partial charge in [0.1, 0.15) is 11.4 Å². The van der Waals surface area contributed by atoms with Gasteiger partial charge in [0.25, 0.3) is 0 Å². The van der Waals surface area contributed by atoms with E-state index in [9.17, 15) is 4.79 Å². The van der Waals surface area contributed by atoms with Crippen LogP contribution in [0.5, 0.6) is 0 Å². The number of carbonyl (C=O) groups is 1. The Morgan fingerprint density at radius 1 is 1.26 bits per heavy atom.